The van der Waals surface area contributed by atoms with Gasteiger partial charge in [-0.15, -0.1) is 0 Å². The third kappa shape index (κ3) is 3.22. The van der Waals surface area contributed by atoms with E-state index in [0.29, 0.717) is 31.9 Å². The Bertz CT molecular complexity index is 685. The second-order valence-corrected chi connectivity index (χ2v) is 5.82. The van der Waals surface area contributed by atoms with Crippen molar-refractivity contribution < 1.29 is 14.3 Å². The van der Waals surface area contributed by atoms with E-state index in [1.807, 2.05) is 42.3 Å². The first-order chi connectivity index (χ1) is 11.7. The zero-order valence-corrected chi connectivity index (χ0v) is 14.1. The van der Waals surface area contributed by atoms with Crippen molar-refractivity contribution in [2.75, 3.05) is 20.3 Å². The van der Waals surface area contributed by atoms with E-state index in [1.54, 1.807) is 18.0 Å². The van der Waals surface area contributed by atoms with Crippen molar-refractivity contribution >= 4 is 5.91 Å². The van der Waals surface area contributed by atoms with Gasteiger partial charge in [0.15, 0.2) is 11.5 Å². The maximum absolute atomic E-state index is 13.1. The highest BCUT2D eigenvalue weighted by molar-refractivity contribution is 5.80. The zero-order valence-electron chi connectivity index (χ0n) is 14.1. The van der Waals surface area contributed by atoms with E-state index in [9.17, 15) is 4.79 Å². The summed E-state index contributed by atoms with van der Waals surface area (Å²) in [6, 6.07) is 7.37. The number of aromatic nitrogens is 2. The Morgan fingerprint density at radius 1 is 1.42 bits per heavy atom. The molecular formula is C18H23N3O3. The maximum atomic E-state index is 13.1. The van der Waals surface area contributed by atoms with Gasteiger partial charge in [0.05, 0.1) is 13.7 Å². The van der Waals surface area contributed by atoms with E-state index in [1.165, 1.54) is 0 Å². The molecule has 1 aromatic carbocycles. The van der Waals surface area contributed by atoms with Gasteiger partial charge in [0.2, 0.25) is 5.91 Å². The number of hydrogen-bond acceptors (Lipinski definition) is 4. The van der Waals surface area contributed by atoms with Crippen molar-refractivity contribution in [3.05, 3.63) is 42.2 Å². The fourth-order valence-corrected chi connectivity index (χ4v) is 3.06. The highest BCUT2D eigenvalue weighted by Crippen LogP contribution is 2.33. The van der Waals surface area contributed by atoms with Crippen LogP contribution >= 0.6 is 0 Å². The fourth-order valence-electron chi connectivity index (χ4n) is 3.06. The molecule has 6 nitrogen and oxygen atoms in total. The highest BCUT2D eigenvalue weighted by atomic mass is 16.5. The molecular weight excluding hydrogens is 306 g/mol. The molecule has 0 saturated heterocycles. The summed E-state index contributed by atoms with van der Waals surface area (Å²) in [6.07, 6.45) is 5.05. The van der Waals surface area contributed by atoms with Crippen molar-refractivity contribution in [3.63, 3.8) is 0 Å². The molecule has 1 aliphatic rings. The van der Waals surface area contributed by atoms with Crippen LogP contribution in [0.5, 0.6) is 11.5 Å². The molecule has 0 unspecified atom stereocenters. The Kier molecular flexibility index (Phi) is 5.03. The molecule has 1 aliphatic heterocycles. The monoisotopic (exact) mass is 329 g/mol. The number of benzene rings is 1. The van der Waals surface area contributed by atoms with E-state index < -0.39 is 0 Å². The number of nitrogens with zero attached hydrogens (tertiary/aromatic N) is 3. The lowest BCUT2D eigenvalue weighted by Crippen LogP contribution is -2.39. The first-order valence-electron chi connectivity index (χ1n) is 8.31. The van der Waals surface area contributed by atoms with Gasteiger partial charge in [0.1, 0.15) is 6.04 Å². The van der Waals surface area contributed by atoms with Crippen LogP contribution in [0, 0.1) is 0 Å². The van der Waals surface area contributed by atoms with Crippen molar-refractivity contribution in [1.82, 2.24) is 14.7 Å². The van der Waals surface area contributed by atoms with Crippen LogP contribution < -0.4 is 9.47 Å². The van der Waals surface area contributed by atoms with E-state index in [-0.39, 0.29) is 11.9 Å². The summed E-state index contributed by atoms with van der Waals surface area (Å²) in [5.74, 6) is 1.54. The number of carbonyl (C=O) groups excluding carboxylic acids is 1. The minimum absolute atomic E-state index is 0.0943. The molecule has 0 aliphatic carbocycles. The normalized spacial score (nSPS) is 15.7. The van der Waals surface area contributed by atoms with Crippen LogP contribution in [-0.2, 0) is 11.3 Å². The average molecular weight is 329 g/mol. The number of methoxy groups -OCH3 is 1. The van der Waals surface area contributed by atoms with Gasteiger partial charge in [-0.2, -0.15) is 5.10 Å². The Labute approximate surface area is 142 Å². The molecule has 0 saturated carbocycles. The Morgan fingerprint density at radius 2 is 2.29 bits per heavy atom. The summed E-state index contributed by atoms with van der Waals surface area (Å²) in [5, 5.41) is 4.24. The fraction of sp³-hybridized carbons (Fsp3) is 0.444. The smallest absolute Gasteiger partial charge is 0.247 e. The highest BCUT2D eigenvalue weighted by Gasteiger charge is 2.27. The van der Waals surface area contributed by atoms with Gasteiger partial charge in [-0.05, 0) is 25.0 Å². The Morgan fingerprint density at radius 3 is 3.00 bits per heavy atom. The number of ether oxygens (including phenoxy) is 2. The third-order valence-corrected chi connectivity index (χ3v) is 4.29. The molecule has 6 heteroatoms. The molecule has 2 aromatic rings. The molecule has 0 fully saturated rings. The molecule has 0 bridgehead atoms. The number of amides is 1. The van der Waals surface area contributed by atoms with Crippen LogP contribution in [0.2, 0.25) is 0 Å². The summed E-state index contributed by atoms with van der Waals surface area (Å²) < 4.78 is 13.0. The summed E-state index contributed by atoms with van der Waals surface area (Å²) in [5.41, 5.74) is 0.970. The lowest BCUT2D eigenvalue weighted by molar-refractivity contribution is -0.136. The van der Waals surface area contributed by atoms with Crippen LogP contribution in [0.1, 0.15) is 31.4 Å². The number of para-hydroxylation sites is 1. The average Bonchev–Trinajstić information content (AvgIpc) is 3.09. The van der Waals surface area contributed by atoms with Crippen LogP contribution in [0.15, 0.2) is 36.7 Å². The summed E-state index contributed by atoms with van der Waals surface area (Å²) >= 11 is 0. The summed E-state index contributed by atoms with van der Waals surface area (Å²) in [6.45, 7) is 3.76. The molecule has 1 aromatic heterocycles. The van der Waals surface area contributed by atoms with Gasteiger partial charge < -0.3 is 14.4 Å². The van der Waals surface area contributed by atoms with E-state index >= 15 is 0 Å². The largest absolute Gasteiger partial charge is 0.493 e. The molecule has 0 N–H and O–H groups in total. The standard InChI is InChI=1S/C18H23N3O3/c1-3-15(21-11-5-9-19-21)18(22)20-10-6-12-24-17-14(13-20)7-4-8-16(17)23-2/h4-5,7-9,11,15H,3,6,10,12-13H2,1-2H3/t15-/m1/s1. The summed E-state index contributed by atoms with van der Waals surface area (Å²) in [7, 11) is 1.63. The number of carbonyl (C=O) groups is 1. The number of fused-ring (bicyclic) bond motifs is 1. The SMILES string of the molecule is CC[C@H](C(=O)N1CCCOc2c(cccc2OC)C1)n1cccn1. The van der Waals surface area contributed by atoms with Crippen LogP contribution in [0.3, 0.4) is 0 Å². The second-order valence-electron chi connectivity index (χ2n) is 5.82. The molecule has 0 spiro atoms. The topological polar surface area (TPSA) is 56.6 Å². The minimum Gasteiger partial charge on any atom is -0.493 e. The molecule has 0 radical (unpaired) electrons. The molecule has 1 atom stereocenters. The van der Waals surface area contributed by atoms with Crippen molar-refractivity contribution in [1.29, 1.82) is 0 Å². The lowest BCUT2D eigenvalue weighted by Gasteiger charge is -2.30. The van der Waals surface area contributed by atoms with Gasteiger partial charge in [-0.3, -0.25) is 9.48 Å². The Balaban J connectivity index is 1.86. The first kappa shape index (κ1) is 16.4. The summed E-state index contributed by atoms with van der Waals surface area (Å²) in [4.78, 5) is 14.9. The van der Waals surface area contributed by atoms with Gasteiger partial charge >= 0.3 is 0 Å². The third-order valence-electron chi connectivity index (χ3n) is 4.29. The predicted octanol–water partition coefficient (Wildman–Crippen LogP) is 2.65. The molecule has 3 rings (SSSR count). The zero-order chi connectivity index (χ0) is 16.9. The quantitative estimate of drug-likeness (QED) is 0.865. The van der Waals surface area contributed by atoms with Crippen molar-refractivity contribution in [2.45, 2.75) is 32.4 Å². The van der Waals surface area contributed by atoms with E-state index in [0.717, 1.165) is 17.7 Å². The lowest BCUT2D eigenvalue weighted by atomic mass is 10.1. The molecule has 24 heavy (non-hydrogen) atoms. The van der Waals surface area contributed by atoms with Crippen LogP contribution in [0.4, 0.5) is 0 Å². The van der Waals surface area contributed by atoms with Crippen molar-refractivity contribution in [2.24, 2.45) is 0 Å². The van der Waals surface area contributed by atoms with Gasteiger partial charge in [-0.25, -0.2) is 0 Å². The van der Waals surface area contributed by atoms with E-state index in [4.69, 9.17) is 9.47 Å². The first-order valence-corrected chi connectivity index (χ1v) is 8.31. The number of hydrogen-bond donors (Lipinski definition) is 0. The van der Waals surface area contributed by atoms with Gasteiger partial charge in [0.25, 0.3) is 0 Å². The van der Waals surface area contributed by atoms with Crippen LogP contribution in [-0.4, -0.2) is 40.8 Å². The molecule has 2 heterocycles. The predicted molar refractivity (Wildman–Crippen MR) is 90.1 cm³/mol. The van der Waals surface area contributed by atoms with Crippen molar-refractivity contribution in [3.8, 4) is 11.5 Å². The van der Waals surface area contributed by atoms with Crippen LogP contribution in [0.25, 0.3) is 0 Å². The number of rotatable bonds is 4. The molecule has 128 valence electrons. The second kappa shape index (κ2) is 7.38. The Hall–Kier alpha value is -2.50. The van der Waals surface area contributed by atoms with Gasteiger partial charge in [0, 0.05) is 31.0 Å². The maximum Gasteiger partial charge on any atom is 0.247 e. The van der Waals surface area contributed by atoms with Gasteiger partial charge in [-0.1, -0.05) is 19.1 Å². The minimum atomic E-state index is -0.269. The molecule has 1 amide bonds. The van der Waals surface area contributed by atoms with E-state index in [2.05, 4.69) is 5.10 Å².